The van der Waals surface area contributed by atoms with Crippen LogP contribution < -0.4 is 14.2 Å². The molecule has 5 rings (SSSR count). The summed E-state index contributed by atoms with van der Waals surface area (Å²) in [6.07, 6.45) is 1.65. The SMILES string of the molecule is COc1cc(/C=C2/C(=N)N3C(c4ccccc4)=CSC3=NC2=O)ccc1OCCOc1ccc(Cl)c(C)c1. The van der Waals surface area contributed by atoms with Gasteiger partial charge in [0.15, 0.2) is 16.7 Å². The number of fused-ring (bicyclic) bond motifs is 1. The molecule has 2 heterocycles. The summed E-state index contributed by atoms with van der Waals surface area (Å²) in [5.41, 5.74) is 3.59. The van der Waals surface area contributed by atoms with E-state index in [9.17, 15) is 4.79 Å². The molecule has 3 aromatic rings. The maximum absolute atomic E-state index is 12.8. The molecule has 2 aliphatic heterocycles. The number of amides is 1. The molecule has 0 aromatic heterocycles. The maximum atomic E-state index is 12.8. The monoisotopic (exact) mass is 545 g/mol. The molecule has 1 N–H and O–H groups in total. The minimum atomic E-state index is -0.453. The fourth-order valence-electron chi connectivity index (χ4n) is 3.99. The molecule has 7 nitrogen and oxygen atoms in total. The summed E-state index contributed by atoms with van der Waals surface area (Å²) in [4.78, 5) is 18.7. The molecule has 0 radical (unpaired) electrons. The molecule has 2 aliphatic rings. The van der Waals surface area contributed by atoms with Crippen LogP contribution in [0.15, 0.2) is 82.7 Å². The predicted molar refractivity (Wildman–Crippen MR) is 152 cm³/mol. The Balaban J connectivity index is 1.29. The molecule has 38 heavy (non-hydrogen) atoms. The maximum Gasteiger partial charge on any atom is 0.283 e. The summed E-state index contributed by atoms with van der Waals surface area (Å²) in [5, 5.41) is 11.9. The number of aryl methyl sites for hydroxylation is 1. The van der Waals surface area contributed by atoms with Crippen molar-refractivity contribution in [3.8, 4) is 17.2 Å². The Kier molecular flexibility index (Phi) is 7.53. The van der Waals surface area contributed by atoms with Gasteiger partial charge in [0, 0.05) is 10.4 Å². The van der Waals surface area contributed by atoms with Gasteiger partial charge in [-0.3, -0.25) is 15.1 Å². The second kappa shape index (κ2) is 11.2. The highest BCUT2D eigenvalue weighted by atomic mass is 35.5. The number of halogens is 1. The largest absolute Gasteiger partial charge is 0.493 e. The van der Waals surface area contributed by atoms with E-state index in [4.69, 9.17) is 31.2 Å². The first-order valence-electron chi connectivity index (χ1n) is 11.8. The normalized spacial score (nSPS) is 15.8. The van der Waals surface area contributed by atoms with E-state index in [2.05, 4.69) is 4.99 Å². The van der Waals surface area contributed by atoms with Crippen LogP contribution in [0.25, 0.3) is 11.8 Å². The number of amidine groups is 2. The smallest absolute Gasteiger partial charge is 0.283 e. The van der Waals surface area contributed by atoms with E-state index >= 15 is 0 Å². The van der Waals surface area contributed by atoms with Gasteiger partial charge >= 0.3 is 0 Å². The first-order valence-corrected chi connectivity index (χ1v) is 13.1. The number of aliphatic imine (C=N–C) groups is 1. The number of nitrogens with one attached hydrogen (secondary N) is 1. The minimum Gasteiger partial charge on any atom is -0.493 e. The van der Waals surface area contributed by atoms with Crippen LogP contribution in [0, 0.1) is 12.3 Å². The van der Waals surface area contributed by atoms with Crippen molar-refractivity contribution < 1.29 is 19.0 Å². The quantitative estimate of drug-likeness (QED) is 0.260. The van der Waals surface area contributed by atoms with E-state index in [1.54, 1.807) is 42.4 Å². The number of hydrogen-bond donors (Lipinski definition) is 1. The lowest BCUT2D eigenvalue weighted by molar-refractivity contribution is -0.114. The van der Waals surface area contributed by atoms with Crippen molar-refractivity contribution in [3.63, 3.8) is 0 Å². The van der Waals surface area contributed by atoms with Gasteiger partial charge in [0.2, 0.25) is 0 Å². The van der Waals surface area contributed by atoms with Crippen LogP contribution in [-0.4, -0.2) is 42.1 Å². The third-order valence-electron chi connectivity index (χ3n) is 5.92. The summed E-state index contributed by atoms with van der Waals surface area (Å²) in [5.74, 6) is 1.39. The Morgan fingerprint density at radius 2 is 1.82 bits per heavy atom. The van der Waals surface area contributed by atoms with Crippen molar-refractivity contribution in [1.82, 2.24) is 4.90 Å². The summed E-state index contributed by atoms with van der Waals surface area (Å²) >= 11 is 7.40. The molecule has 3 aromatic carbocycles. The van der Waals surface area contributed by atoms with Crippen molar-refractivity contribution in [1.29, 1.82) is 5.41 Å². The van der Waals surface area contributed by atoms with Crippen LogP contribution in [-0.2, 0) is 4.79 Å². The standard InChI is InChI=1S/C29H24ClN3O4S/c1-18-14-21(9-10-23(18)30)36-12-13-37-25-11-8-19(16-26(25)35-2)15-22-27(31)33-24(20-6-4-3-5-7-20)17-38-29(33)32-28(22)34/h3-11,14-17,31H,12-13H2,1-2H3/b22-15-,31-27?. The molecule has 0 atom stereocenters. The fraction of sp³-hybridized carbons (Fsp3) is 0.138. The average Bonchev–Trinajstić information content (AvgIpc) is 3.35. The fourth-order valence-corrected chi connectivity index (χ4v) is 5.00. The molecule has 0 fully saturated rings. The number of hydrogen-bond acceptors (Lipinski definition) is 6. The van der Waals surface area contributed by atoms with E-state index < -0.39 is 5.91 Å². The zero-order valence-electron chi connectivity index (χ0n) is 20.7. The third kappa shape index (κ3) is 5.32. The number of carbonyl (C=O) groups excluding carboxylic acids is 1. The summed E-state index contributed by atoms with van der Waals surface area (Å²) in [6.45, 7) is 2.57. The van der Waals surface area contributed by atoms with Gasteiger partial charge in [-0.05, 0) is 60.0 Å². The van der Waals surface area contributed by atoms with Crippen LogP contribution in [0.1, 0.15) is 16.7 Å². The van der Waals surface area contributed by atoms with Gasteiger partial charge in [0.05, 0.1) is 18.4 Å². The first-order chi connectivity index (χ1) is 18.4. The van der Waals surface area contributed by atoms with Crippen molar-refractivity contribution in [2.24, 2.45) is 4.99 Å². The minimum absolute atomic E-state index is 0.0778. The first kappa shape index (κ1) is 25.6. The van der Waals surface area contributed by atoms with Gasteiger partial charge in [0.1, 0.15) is 24.8 Å². The molecule has 0 saturated carbocycles. The molecule has 9 heteroatoms. The molecule has 1 amide bonds. The zero-order valence-corrected chi connectivity index (χ0v) is 22.3. The van der Waals surface area contributed by atoms with Gasteiger partial charge in [-0.2, -0.15) is 4.99 Å². The molecular formula is C29H24ClN3O4S. The Labute approximate surface area is 229 Å². The van der Waals surface area contributed by atoms with Gasteiger partial charge in [0.25, 0.3) is 5.91 Å². The Hall–Kier alpha value is -4.01. The Morgan fingerprint density at radius 3 is 2.58 bits per heavy atom. The second-order valence-corrected chi connectivity index (χ2v) is 9.69. The zero-order chi connectivity index (χ0) is 26.6. The van der Waals surface area contributed by atoms with Gasteiger partial charge < -0.3 is 14.2 Å². The highest BCUT2D eigenvalue weighted by Gasteiger charge is 2.36. The van der Waals surface area contributed by atoms with Crippen LogP contribution in [0.3, 0.4) is 0 Å². The highest BCUT2D eigenvalue weighted by molar-refractivity contribution is 8.17. The van der Waals surface area contributed by atoms with E-state index in [0.717, 1.165) is 22.6 Å². The molecule has 0 aliphatic carbocycles. The molecule has 0 saturated heterocycles. The van der Waals surface area contributed by atoms with E-state index in [1.165, 1.54) is 11.8 Å². The summed E-state index contributed by atoms with van der Waals surface area (Å²) in [7, 11) is 1.55. The number of thioether (sulfide) groups is 1. The average molecular weight is 546 g/mol. The van der Waals surface area contributed by atoms with Gasteiger partial charge in [-0.1, -0.05) is 59.8 Å². The highest BCUT2D eigenvalue weighted by Crippen LogP contribution is 2.37. The predicted octanol–water partition coefficient (Wildman–Crippen LogP) is 6.42. The third-order valence-corrected chi connectivity index (χ3v) is 7.17. The van der Waals surface area contributed by atoms with E-state index in [0.29, 0.717) is 40.5 Å². The number of rotatable bonds is 8. The van der Waals surface area contributed by atoms with E-state index in [1.807, 2.05) is 54.8 Å². The summed E-state index contributed by atoms with van der Waals surface area (Å²) < 4.78 is 17.1. The molecule has 0 unspecified atom stereocenters. The number of ether oxygens (including phenoxy) is 3. The number of benzene rings is 3. The number of carbonyl (C=O) groups is 1. The lowest BCUT2D eigenvalue weighted by Crippen LogP contribution is -2.38. The molecule has 0 bridgehead atoms. The van der Waals surface area contributed by atoms with Crippen LogP contribution in [0.5, 0.6) is 17.2 Å². The van der Waals surface area contributed by atoms with Crippen LogP contribution in [0.4, 0.5) is 0 Å². The number of nitrogens with zero attached hydrogens (tertiary/aromatic N) is 2. The lowest BCUT2D eigenvalue weighted by Gasteiger charge is -2.27. The molecule has 192 valence electrons. The lowest BCUT2D eigenvalue weighted by atomic mass is 10.1. The Bertz CT molecular complexity index is 1500. The van der Waals surface area contributed by atoms with E-state index in [-0.39, 0.29) is 11.4 Å². The summed E-state index contributed by atoms with van der Waals surface area (Å²) in [6, 6.07) is 20.6. The molecule has 0 spiro atoms. The van der Waals surface area contributed by atoms with Crippen molar-refractivity contribution in [3.05, 3.63) is 99.4 Å². The number of methoxy groups -OCH3 is 1. The topological polar surface area (TPSA) is 84.2 Å². The van der Waals surface area contributed by atoms with Crippen LogP contribution in [0.2, 0.25) is 5.02 Å². The second-order valence-electron chi connectivity index (χ2n) is 8.45. The van der Waals surface area contributed by atoms with Crippen LogP contribution >= 0.6 is 23.4 Å². The van der Waals surface area contributed by atoms with Crippen molar-refractivity contribution >= 4 is 52.0 Å². The van der Waals surface area contributed by atoms with Crippen molar-refractivity contribution in [2.45, 2.75) is 6.92 Å². The molecular weight excluding hydrogens is 522 g/mol. The van der Waals surface area contributed by atoms with Gasteiger partial charge in [-0.25, -0.2) is 0 Å². The Morgan fingerprint density at radius 1 is 1.03 bits per heavy atom. The van der Waals surface area contributed by atoms with Gasteiger partial charge in [-0.15, -0.1) is 0 Å². The van der Waals surface area contributed by atoms with Crippen molar-refractivity contribution in [2.75, 3.05) is 20.3 Å².